The SMILES string of the molecule is CC1CCCCC1NC(=O)NC(=O)COC(=O)c1cccc(Cl)c1Cl. The Morgan fingerprint density at radius 1 is 1.20 bits per heavy atom. The number of hydrogen-bond donors (Lipinski definition) is 2. The van der Waals surface area contributed by atoms with Crippen molar-refractivity contribution in [3.63, 3.8) is 0 Å². The fourth-order valence-electron chi connectivity index (χ4n) is 2.77. The van der Waals surface area contributed by atoms with Gasteiger partial charge in [0.05, 0.1) is 15.6 Å². The van der Waals surface area contributed by atoms with Gasteiger partial charge in [0.25, 0.3) is 5.91 Å². The highest BCUT2D eigenvalue weighted by Gasteiger charge is 2.23. The number of nitrogens with one attached hydrogen (secondary N) is 2. The van der Waals surface area contributed by atoms with Crippen molar-refractivity contribution in [2.24, 2.45) is 5.92 Å². The lowest BCUT2D eigenvalue weighted by atomic mass is 9.86. The number of imide groups is 1. The van der Waals surface area contributed by atoms with Crippen molar-refractivity contribution in [1.82, 2.24) is 10.6 Å². The molecule has 3 amide bonds. The normalized spacial score (nSPS) is 19.8. The minimum absolute atomic E-state index is 0.0503. The van der Waals surface area contributed by atoms with Gasteiger partial charge in [0.2, 0.25) is 0 Å². The van der Waals surface area contributed by atoms with Crippen LogP contribution in [0.5, 0.6) is 0 Å². The van der Waals surface area contributed by atoms with Crippen molar-refractivity contribution in [1.29, 1.82) is 0 Å². The predicted molar refractivity (Wildman–Crippen MR) is 94.8 cm³/mol. The Morgan fingerprint density at radius 3 is 2.64 bits per heavy atom. The third-order valence-corrected chi connectivity index (χ3v) is 5.01. The van der Waals surface area contributed by atoms with Crippen molar-refractivity contribution in [2.45, 2.75) is 38.6 Å². The summed E-state index contributed by atoms with van der Waals surface area (Å²) in [4.78, 5) is 35.5. The second kappa shape index (κ2) is 9.06. The molecular weight excluding hydrogens is 367 g/mol. The second-order valence-corrected chi connectivity index (χ2v) is 6.85. The molecule has 1 fully saturated rings. The third-order valence-electron chi connectivity index (χ3n) is 4.19. The van der Waals surface area contributed by atoms with Crippen molar-refractivity contribution >= 4 is 41.1 Å². The van der Waals surface area contributed by atoms with Crippen LogP contribution in [0.4, 0.5) is 4.79 Å². The van der Waals surface area contributed by atoms with E-state index in [1.54, 1.807) is 6.07 Å². The summed E-state index contributed by atoms with van der Waals surface area (Å²) in [5, 5.41) is 5.20. The number of esters is 1. The van der Waals surface area contributed by atoms with Crippen LogP contribution in [0.25, 0.3) is 0 Å². The number of carbonyl (C=O) groups is 3. The minimum Gasteiger partial charge on any atom is -0.452 e. The number of amides is 3. The zero-order valence-electron chi connectivity index (χ0n) is 13.8. The molecule has 1 aromatic carbocycles. The van der Waals surface area contributed by atoms with Crippen LogP contribution in [-0.4, -0.2) is 30.6 Å². The van der Waals surface area contributed by atoms with E-state index in [1.807, 2.05) is 0 Å². The average molecular weight is 387 g/mol. The molecule has 0 aliphatic heterocycles. The molecule has 136 valence electrons. The van der Waals surface area contributed by atoms with E-state index in [2.05, 4.69) is 17.6 Å². The van der Waals surface area contributed by atoms with Crippen LogP contribution in [0.1, 0.15) is 43.0 Å². The van der Waals surface area contributed by atoms with Gasteiger partial charge in [-0.1, -0.05) is 49.0 Å². The Morgan fingerprint density at radius 2 is 1.92 bits per heavy atom. The smallest absolute Gasteiger partial charge is 0.340 e. The standard InChI is InChI=1S/C17H20Cl2N2O4/c1-10-5-2-3-8-13(10)20-17(24)21-14(22)9-25-16(23)11-6-4-7-12(18)15(11)19/h4,6-7,10,13H,2-3,5,8-9H2,1H3,(H2,20,21,22,24). The summed E-state index contributed by atoms with van der Waals surface area (Å²) >= 11 is 11.7. The van der Waals surface area contributed by atoms with Crippen molar-refractivity contribution in [3.8, 4) is 0 Å². The molecule has 0 spiro atoms. The van der Waals surface area contributed by atoms with Gasteiger partial charge in [0.15, 0.2) is 6.61 Å². The van der Waals surface area contributed by atoms with Crippen LogP contribution in [0, 0.1) is 5.92 Å². The topological polar surface area (TPSA) is 84.5 Å². The first-order valence-electron chi connectivity index (χ1n) is 8.10. The molecule has 2 unspecified atom stereocenters. The lowest BCUT2D eigenvalue weighted by Gasteiger charge is -2.29. The molecule has 8 heteroatoms. The molecule has 6 nitrogen and oxygen atoms in total. The molecule has 0 radical (unpaired) electrons. The van der Waals surface area contributed by atoms with Crippen LogP contribution in [0.15, 0.2) is 18.2 Å². The number of urea groups is 1. The first-order chi connectivity index (χ1) is 11.9. The molecule has 1 saturated carbocycles. The van der Waals surface area contributed by atoms with Gasteiger partial charge in [-0.05, 0) is 30.9 Å². The molecule has 2 N–H and O–H groups in total. The van der Waals surface area contributed by atoms with Crippen LogP contribution in [0.3, 0.4) is 0 Å². The molecule has 0 aromatic heterocycles. The van der Waals surface area contributed by atoms with Gasteiger partial charge in [-0.2, -0.15) is 0 Å². The molecule has 2 rings (SSSR count). The van der Waals surface area contributed by atoms with Gasteiger partial charge in [-0.25, -0.2) is 9.59 Å². The number of ether oxygens (including phenoxy) is 1. The van der Waals surface area contributed by atoms with Gasteiger partial charge in [0, 0.05) is 6.04 Å². The molecule has 0 bridgehead atoms. The van der Waals surface area contributed by atoms with Crippen molar-refractivity contribution < 1.29 is 19.1 Å². The van der Waals surface area contributed by atoms with Gasteiger partial charge >= 0.3 is 12.0 Å². The largest absolute Gasteiger partial charge is 0.452 e. The molecule has 2 atom stereocenters. The second-order valence-electron chi connectivity index (χ2n) is 6.07. The molecule has 25 heavy (non-hydrogen) atoms. The van der Waals surface area contributed by atoms with Gasteiger partial charge in [0.1, 0.15) is 0 Å². The molecule has 0 saturated heterocycles. The molecular formula is C17H20Cl2N2O4. The summed E-state index contributed by atoms with van der Waals surface area (Å²) in [7, 11) is 0. The van der Waals surface area contributed by atoms with E-state index < -0.39 is 24.5 Å². The highest BCUT2D eigenvalue weighted by molar-refractivity contribution is 6.43. The maximum absolute atomic E-state index is 11.9. The summed E-state index contributed by atoms with van der Waals surface area (Å²) < 4.78 is 4.86. The highest BCUT2D eigenvalue weighted by Crippen LogP contribution is 2.26. The van der Waals surface area contributed by atoms with E-state index in [1.165, 1.54) is 12.1 Å². The van der Waals surface area contributed by atoms with E-state index in [0.717, 1.165) is 25.7 Å². The van der Waals surface area contributed by atoms with E-state index in [-0.39, 0.29) is 21.7 Å². The van der Waals surface area contributed by atoms with Crippen LogP contribution >= 0.6 is 23.2 Å². The van der Waals surface area contributed by atoms with Gasteiger partial charge < -0.3 is 10.1 Å². The Hall–Kier alpha value is -1.79. The van der Waals surface area contributed by atoms with E-state index in [0.29, 0.717) is 5.92 Å². The van der Waals surface area contributed by atoms with Crippen LogP contribution in [-0.2, 0) is 9.53 Å². The molecule has 1 aromatic rings. The third kappa shape index (κ3) is 5.61. The fourth-order valence-corrected chi connectivity index (χ4v) is 3.15. The number of halogens is 2. The number of rotatable bonds is 4. The summed E-state index contributed by atoms with van der Waals surface area (Å²) in [6.07, 6.45) is 4.16. The fraction of sp³-hybridized carbons (Fsp3) is 0.471. The predicted octanol–water partition coefficient (Wildman–Crippen LogP) is 3.55. The first kappa shape index (κ1) is 19.5. The van der Waals surface area contributed by atoms with E-state index in [9.17, 15) is 14.4 Å². The lowest BCUT2D eigenvalue weighted by molar-refractivity contribution is -0.123. The summed E-state index contributed by atoms with van der Waals surface area (Å²) in [5.74, 6) is -1.13. The van der Waals surface area contributed by atoms with Crippen LogP contribution in [0.2, 0.25) is 10.0 Å². The number of benzene rings is 1. The zero-order valence-corrected chi connectivity index (χ0v) is 15.3. The summed E-state index contributed by atoms with van der Waals surface area (Å²) in [6, 6.07) is 3.98. The molecule has 1 aliphatic rings. The summed E-state index contributed by atoms with van der Waals surface area (Å²) in [5.41, 5.74) is 0.0578. The van der Waals surface area contributed by atoms with E-state index in [4.69, 9.17) is 27.9 Å². The first-order valence-corrected chi connectivity index (χ1v) is 8.85. The minimum atomic E-state index is -0.788. The molecule has 0 heterocycles. The Kier molecular flexibility index (Phi) is 7.08. The lowest BCUT2D eigenvalue weighted by Crippen LogP contribution is -2.48. The van der Waals surface area contributed by atoms with Crippen LogP contribution < -0.4 is 10.6 Å². The monoisotopic (exact) mass is 386 g/mol. The van der Waals surface area contributed by atoms with Crippen molar-refractivity contribution in [3.05, 3.63) is 33.8 Å². The number of carbonyl (C=O) groups excluding carboxylic acids is 3. The van der Waals surface area contributed by atoms with Crippen molar-refractivity contribution in [2.75, 3.05) is 6.61 Å². The Balaban J connectivity index is 1.79. The van der Waals surface area contributed by atoms with Gasteiger partial charge in [-0.15, -0.1) is 0 Å². The zero-order chi connectivity index (χ0) is 18.4. The number of hydrogen-bond acceptors (Lipinski definition) is 4. The maximum Gasteiger partial charge on any atom is 0.340 e. The average Bonchev–Trinajstić information content (AvgIpc) is 2.57. The maximum atomic E-state index is 11.9. The Labute approximate surface area is 156 Å². The highest BCUT2D eigenvalue weighted by atomic mass is 35.5. The summed E-state index contributed by atoms with van der Waals surface area (Å²) in [6.45, 7) is 1.48. The quantitative estimate of drug-likeness (QED) is 0.774. The van der Waals surface area contributed by atoms with Gasteiger partial charge in [-0.3, -0.25) is 10.1 Å². The molecule has 1 aliphatic carbocycles. The van der Waals surface area contributed by atoms with E-state index >= 15 is 0 Å². The Bertz CT molecular complexity index is 666.